The van der Waals surface area contributed by atoms with Crippen molar-refractivity contribution in [3.8, 4) is 0 Å². The lowest BCUT2D eigenvalue weighted by molar-refractivity contribution is -0.0924. The lowest BCUT2D eigenvalue weighted by atomic mass is 9.46. The predicted molar refractivity (Wildman–Crippen MR) is 57.0 cm³/mol. The van der Waals surface area contributed by atoms with Gasteiger partial charge in [-0.05, 0) is 36.0 Å². The molecule has 3 aliphatic carbocycles. The summed E-state index contributed by atoms with van der Waals surface area (Å²) in [5.41, 5.74) is 0.682. The normalized spacial score (nSPS) is 53.5. The summed E-state index contributed by atoms with van der Waals surface area (Å²) in [6, 6.07) is 0. The molecular weight excluding hydrogens is 247 g/mol. The van der Waals surface area contributed by atoms with Gasteiger partial charge in [0.15, 0.2) is 0 Å². The van der Waals surface area contributed by atoms with Crippen molar-refractivity contribution in [3.63, 3.8) is 0 Å². The number of halogens is 1. The van der Waals surface area contributed by atoms with E-state index in [9.17, 15) is 0 Å². The molecule has 11 heavy (non-hydrogen) atoms. The minimum absolute atomic E-state index is 0.682. The maximum atomic E-state index is 2.65. The van der Waals surface area contributed by atoms with Gasteiger partial charge in [-0.15, -0.1) is 0 Å². The van der Waals surface area contributed by atoms with Crippen LogP contribution in [0.4, 0.5) is 0 Å². The highest BCUT2D eigenvalue weighted by Crippen LogP contribution is 2.62. The van der Waals surface area contributed by atoms with Gasteiger partial charge < -0.3 is 0 Å². The van der Waals surface area contributed by atoms with Crippen LogP contribution in [0.2, 0.25) is 0 Å². The van der Waals surface area contributed by atoms with Crippen molar-refractivity contribution in [1.82, 2.24) is 0 Å². The van der Waals surface area contributed by atoms with Gasteiger partial charge in [0.25, 0.3) is 0 Å². The van der Waals surface area contributed by atoms with E-state index >= 15 is 0 Å². The van der Waals surface area contributed by atoms with E-state index in [-0.39, 0.29) is 0 Å². The van der Waals surface area contributed by atoms with Gasteiger partial charge in [-0.1, -0.05) is 43.4 Å². The van der Waals surface area contributed by atoms with Crippen LogP contribution in [0.15, 0.2) is 0 Å². The Kier molecular flexibility index (Phi) is 1.79. The maximum absolute atomic E-state index is 2.65. The molecule has 3 aliphatic rings. The zero-order valence-electron chi connectivity index (χ0n) is 7.60. The molecule has 4 atom stereocenters. The number of fused-ring (bicyclic) bond motifs is 2. The fourth-order valence-electron chi connectivity index (χ4n) is 3.09. The molecule has 3 rings (SSSR count). The van der Waals surface area contributed by atoms with Gasteiger partial charge in [-0.25, -0.2) is 0 Å². The average molecular weight is 264 g/mol. The van der Waals surface area contributed by atoms with E-state index < -0.39 is 0 Å². The second-order valence-electron chi connectivity index (χ2n) is 4.97. The van der Waals surface area contributed by atoms with Crippen molar-refractivity contribution < 1.29 is 0 Å². The van der Waals surface area contributed by atoms with Crippen LogP contribution < -0.4 is 0 Å². The van der Waals surface area contributed by atoms with E-state index in [1.54, 1.807) is 0 Å². The first kappa shape index (κ1) is 8.33. The molecule has 2 bridgehead atoms. The van der Waals surface area contributed by atoms with Crippen molar-refractivity contribution in [3.05, 3.63) is 0 Å². The molecule has 3 saturated carbocycles. The van der Waals surface area contributed by atoms with Gasteiger partial charge in [0.2, 0.25) is 0 Å². The van der Waals surface area contributed by atoms with Crippen molar-refractivity contribution in [2.24, 2.45) is 23.2 Å². The molecule has 0 saturated heterocycles. The minimum Gasteiger partial charge on any atom is -0.0823 e. The standard InChI is InChI=1S/C10H17I/c1-6-8-4-7(5-9(6)11)10(8,2)3/h6-9H,4-5H2,1-3H3/t6-,7+,8-,9+/m1/s1. The van der Waals surface area contributed by atoms with E-state index in [4.69, 9.17) is 0 Å². The third kappa shape index (κ3) is 0.991. The van der Waals surface area contributed by atoms with Gasteiger partial charge in [0.1, 0.15) is 0 Å². The quantitative estimate of drug-likeness (QED) is 0.464. The van der Waals surface area contributed by atoms with Crippen LogP contribution in [0.1, 0.15) is 33.6 Å². The summed E-state index contributed by atoms with van der Waals surface area (Å²) in [6.07, 6.45) is 3.00. The Labute approximate surface area is 83.3 Å². The average Bonchev–Trinajstić information content (AvgIpc) is 1.93. The Hall–Kier alpha value is 0.730. The molecule has 3 fully saturated rings. The fraction of sp³-hybridized carbons (Fsp3) is 1.00. The summed E-state index contributed by atoms with van der Waals surface area (Å²) in [7, 11) is 0. The SMILES string of the molecule is C[C@@H]1[C@H]2C[C@@H](C[C@@H]1I)C2(C)C. The van der Waals surface area contributed by atoms with Gasteiger partial charge in [0, 0.05) is 3.92 Å². The molecule has 0 N–H and O–H groups in total. The van der Waals surface area contributed by atoms with Crippen molar-refractivity contribution in [2.75, 3.05) is 0 Å². The summed E-state index contributed by atoms with van der Waals surface area (Å²) in [6.45, 7) is 7.37. The van der Waals surface area contributed by atoms with Crippen LogP contribution in [0.5, 0.6) is 0 Å². The van der Waals surface area contributed by atoms with E-state index in [1.807, 2.05) is 0 Å². The smallest absolute Gasteiger partial charge is 0.0141 e. The molecular formula is C10H17I. The first-order chi connectivity index (χ1) is 5.03. The molecule has 0 aliphatic heterocycles. The largest absolute Gasteiger partial charge is 0.0823 e. The molecule has 64 valence electrons. The van der Waals surface area contributed by atoms with Gasteiger partial charge >= 0.3 is 0 Å². The van der Waals surface area contributed by atoms with Crippen molar-refractivity contribution in [2.45, 2.75) is 37.5 Å². The Morgan fingerprint density at radius 3 is 2.27 bits per heavy atom. The summed E-state index contributed by atoms with van der Waals surface area (Å²) in [5, 5.41) is 0. The predicted octanol–water partition coefficient (Wildman–Crippen LogP) is 3.49. The number of hydrogen-bond acceptors (Lipinski definition) is 0. The number of hydrogen-bond donors (Lipinski definition) is 0. The Bertz CT molecular complexity index is 174. The first-order valence-corrected chi connectivity index (χ1v) is 5.92. The molecule has 0 radical (unpaired) electrons. The van der Waals surface area contributed by atoms with Crippen molar-refractivity contribution in [1.29, 1.82) is 0 Å². The van der Waals surface area contributed by atoms with Gasteiger partial charge in [-0.2, -0.15) is 0 Å². The van der Waals surface area contributed by atoms with Crippen LogP contribution in [0.25, 0.3) is 0 Å². The number of rotatable bonds is 0. The molecule has 0 spiro atoms. The molecule has 1 heteroatoms. The highest BCUT2D eigenvalue weighted by molar-refractivity contribution is 14.1. The second kappa shape index (κ2) is 2.36. The molecule has 0 amide bonds. The lowest BCUT2D eigenvalue weighted by Crippen LogP contribution is -2.55. The highest BCUT2D eigenvalue weighted by Gasteiger charge is 2.55. The van der Waals surface area contributed by atoms with E-state index in [0.29, 0.717) is 5.41 Å². The van der Waals surface area contributed by atoms with E-state index in [1.165, 1.54) is 12.8 Å². The van der Waals surface area contributed by atoms with Crippen LogP contribution in [-0.2, 0) is 0 Å². The molecule has 0 aromatic rings. The zero-order valence-corrected chi connectivity index (χ0v) is 9.76. The zero-order chi connectivity index (χ0) is 8.22. The van der Waals surface area contributed by atoms with Crippen LogP contribution >= 0.6 is 22.6 Å². The molecule has 0 unspecified atom stereocenters. The summed E-state index contributed by atoms with van der Waals surface area (Å²) in [5.74, 6) is 3.05. The number of alkyl halides is 1. The third-order valence-corrected chi connectivity index (χ3v) is 5.90. The second-order valence-corrected chi connectivity index (χ2v) is 6.57. The summed E-state index contributed by atoms with van der Waals surface area (Å²) >= 11 is 2.65. The third-order valence-electron chi connectivity index (χ3n) is 4.26. The van der Waals surface area contributed by atoms with E-state index in [0.717, 1.165) is 21.7 Å². The maximum Gasteiger partial charge on any atom is 0.0141 e. The molecule has 0 aromatic heterocycles. The Morgan fingerprint density at radius 2 is 1.91 bits per heavy atom. The van der Waals surface area contributed by atoms with Crippen LogP contribution in [0.3, 0.4) is 0 Å². The topological polar surface area (TPSA) is 0 Å². The molecule has 0 nitrogen and oxygen atoms in total. The highest BCUT2D eigenvalue weighted by atomic mass is 127. The molecule has 0 aromatic carbocycles. The lowest BCUT2D eigenvalue weighted by Gasteiger charge is -2.61. The van der Waals surface area contributed by atoms with E-state index in [2.05, 4.69) is 43.4 Å². The first-order valence-electron chi connectivity index (χ1n) is 4.67. The van der Waals surface area contributed by atoms with Gasteiger partial charge in [0.05, 0.1) is 0 Å². The van der Waals surface area contributed by atoms with Crippen LogP contribution in [-0.4, -0.2) is 3.92 Å². The Morgan fingerprint density at radius 1 is 1.27 bits per heavy atom. The summed E-state index contributed by atoms with van der Waals surface area (Å²) < 4.78 is 0.962. The fourth-order valence-corrected chi connectivity index (χ4v) is 4.20. The molecule has 0 heterocycles. The monoisotopic (exact) mass is 264 g/mol. The Balaban J connectivity index is 2.17. The summed E-state index contributed by atoms with van der Waals surface area (Å²) in [4.78, 5) is 0. The minimum atomic E-state index is 0.682. The van der Waals surface area contributed by atoms with Gasteiger partial charge in [-0.3, -0.25) is 0 Å². The van der Waals surface area contributed by atoms with Crippen LogP contribution in [0, 0.1) is 23.2 Å². The van der Waals surface area contributed by atoms with Crippen molar-refractivity contribution >= 4 is 22.6 Å².